The van der Waals surface area contributed by atoms with Crippen LogP contribution in [0.1, 0.15) is 37.7 Å². The van der Waals surface area contributed by atoms with Crippen LogP contribution in [-0.2, 0) is 4.79 Å². The Balaban J connectivity index is 1.69. The zero-order chi connectivity index (χ0) is 17.8. The maximum absolute atomic E-state index is 11.3. The highest BCUT2D eigenvalue weighted by molar-refractivity contribution is 5.75. The first kappa shape index (κ1) is 18.2. The summed E-state index contributed by atoms with van der Waals surface area (Å²) in [6, 6.07) is 8.91. The fraction of sp³-hybridized carbons (Fsp3) is 0.650. The molecule has 1 aromatic rings. The summed E-state index contributed by atoms with van der Waals surface area (Å²) in [5.74, 6) is 1.69. The van der Waals surface area contributed by atoms with Gasteiger partial charge >= 0.3 is 0 Å². The van der Waals surface area contributed by atoms with Crippen LogP contribution in [0, 0.1) is 5.92 Å². The number of hydrogen-bond donors (Lipinski definition) is 1. The molecule has 2 aliphatic rings. The monoisotopic (exact) mass is 345 g/mol. The molecule has 0 bridgehead atoms. The van der Waals surface area contributed by atoms with Crippen molar-refractivity contribution in [3.05, 3.63) is 29.8 Å². The largest absolute Gasteiger partial charge is 0.492 e. The number of nitrogens with zero attached hydrogens (tertiary/aromatic N) is 2. The maximum atomic E-state index is 11.3. The minimum absolute atomic E-state index is 0.248. The molecule has 2 fully saturated rings. The number of piperidine rings is 1. The number of nitrogens with two attached hydrogens (primary N) is 1. The van der Waals surface area contributed by atoms with Crippen LogP contribution in [0.2, 0.25) is 0 Å². The summed E-state index contributed by atoms with van der Waals surface area (Å²) in [6.07, 6.45) is 3.60. The van der Waals surface area contributed by atoms with E-state index in [-0.39, 0.29) is 5.91 Å². The summed E-state index contributed by atoms with van der Waals surface area (Å²) in [5.41, 5.74) is 6.67. The van der Waals surface area contributed by atoms with E-state index in [0.717, 1.165) is 38.4 Å². The van der Waals surface area contributed by atoms with Crippen molar-refractivity contribution in [1.29, 1.82) is 0 Å². The normalized spacial score (nSPS) is 28.2. The van der Waals surface area contributed by atoms with Crippen LogP contribution in [0.25, 0.3) is 0 Å². The van der Waals surface area contributed by atoms with Crippen molar-refractivity contribution in [2.24, 2.45) is 11.7 Å². The van der Waals surface area contributed by atoms with Crippen molar-refractivity contribution in [3.63, 3.8) is 0 Å². The lowest BCUT2D eigenvalue weighted by molar-refractivity contribution is -0.119. The number of primary amides is 1. The molecule has 0 aliphatic carbocycles. The van der Waals surface area contributed by atoms with Gasteiger partial charge in [0, 0.05) is 25.0 Å². The van der Waals surface area contributed by atoms with Gasteiger partial charge in [0.05, 0.1) is 6.54 Å². The molecule has 1 aromatic carbocycles. The van der Waals surface area contributed by atoms with E-state index in [2.05, 4.69) is 42.0 Å². The summed E-state index contributed by atoms with van der Waals surface area (Å²) < 4.78 is 6.24. The lowest BCUT2D eigenvalue weighted by atomic mass is 9.85. The van der Waals surface area contributed by atoms with Crippen molar-refractivity contribution < 1.29 is 9.53 Å². The van der Waals surface area contributed by atoms with Crippen LogP contribution >= 0.6 is 0 Å². The highest BCUT2D eigenvalue weighted by Crippen LogP contribution is 2.35. The molecule has 2 heterocycles. The van der Waals surface area contributed by atoms with Gasteiger partial charge in [-0.1, -0.05) is 25.1 Å². The van der Waals surface area contributed by atoms with Gasteiger partial charge in [0.15, 0.2) is 0 Å². The van der Waals surface area contributed by atoms with E-state index in [0.29, 0.717) is 24.4 Å². The van der Waals surface area contributed by atoms with Gasteiger partial charge in [0.2, 0.25) is 5.91 Å². The first-order valence-electron chi connectivity index (χ1n) is 9.45. The fourth-order valence-corrected chi connectivity index (χ4v) is 4.36. The zero-order valence-electron chi connectivity index (χ0n) is 15.5. The number of benzene rings is 1. The summed E-state index contributed by atoms with van der Waals surface area (Å²) in [4.78, 5) is 15.9. The van der Waals surface area contributed by atoms with Gasteiger partial charge in [0.25, 0.3) is 0 Å². The van der Waals surface area contributed by atoms with Crippen LogP contribution in [0.4, 0.5) is 0 Å². The summed E-state index contributed by atoms with van der Waals surface area (Å²) in [6.45, 7) is 6.32. The van der Waals surface area contributed by atoms with E-state index < -0.39 is 0 Å². The smallest absolute Gasteiger partial charge is 0.231 e. The fourth-order valence-electron chi connectivity index (χ4n) is 4.36. The number of para-hydroxylation sites is 1. The quantitative estimate of drug-likeness (QED) is 0.857. The Bertz CT molecular complexity index is 592. The molecule has 25 heavy (non-hydrogen) atoms. The first-order chi connectivity index (χ1) is 12.0. The predicted octanol–water partition coefficient (Wildman–Crippen LogP) is 2.07. The number of carbonyl (C=O) groups excluding carboxylic acids is 1. The number of likely N-dealkylation sites (tertiary alicyclic amines) is 2. The lowest BCUT2D eigenvalue weighted by Crippen LogP contribution is -2.43. The Kier molecular flexibility index (Phi) is 5.97. The summed E-state index contributed by atoms with van der Waals surface area (Å²) in [5, 5.41) is 0. The molecule has 2 N–H and O–H groups in total. The molecule has 1 amide bonds. The number of amides is 1. The van der Waals surface area contributed by atoms with Crippen molar-refractivity contribution >= 4 is 5.91 Å². The van der Waals surface area contributed by atoms with Crippen LogP contribution in [0.5, 0.6) is 5.75 Å². The zero-order valence-corrected chi connectivity index (χ0v) is 15.5. The maximum Gasteiger partial charge on any atom is 0.231 e. The van der Waals surface area contributed by atoms with E-state index in [1.807, 2.05) is 6.07 Å². The van der Waals surface area contributed by atoms with Gasteiger partial charge in [-0.2, -0.15) is 0 Å². The average molecular weight is 345 g/mol. The molecular weight excluding hydrogens is 314 g/mol. The molecule has 0 saturated carbocycles. The van der Waals surface area contributed by atoms with Crippen LogP contribution < -0.4 is 10.5 Å². The molecule has 138 valence electrons. The molecule has 3 atom stereocenters. The third-order valence-corrected chi connectivity index (χ3v) is 5.58. The average Bonchev–Trinajstić information content (AvgIpc) is 2.97. The molecule has 2 aliphatic heterocycles. The van der Waals surface area contributed by atoms with E-state index in [1.165, 1.54) is 18.4 Å². The SMILES string of the molecule is C[C@H]1CC(c2ccccc2OC[C@H]2CCCN2C)CN(CC(N)=O)C1. The van der Waals surface area contributed by atoms with Gasteiger partial charge in [0.1, 0.15) is 12.4 Å². The van der Waals surface area contributed by atoms with Crippen LogP contribution in [0.3, 0.4) is 0 Å². The topological polar surface area (TPSA) is 58.8 Å². The molecular formula is C20H31N3O2. The Morgan fingerprint density at radius 3 is 2.84 bits per heavy atom. The standard InChI is InChI=1S/C20H31N3O2/c1-15-10-16(12-23(11-15)13-20(21)24)18-7-3-4-8-19(18)25-14-17-6-5-9-22(17)2/h3-4,7-8,15-17H,5-6,9-14H2,1-2H3,(H2,21,24)/t15-,16?,17+/m0/s1. The Morgan fingerprint density at radius 2 is 2.12 bits per heavy atom. The van der Waals surface area contributed by atoms with E-state index >= 15 is 0 Å². The van der Waals surface area contributed by atoms with Crippen molar-refractivity contribution in [3.8, 4) is 5.75 Å². The highest BCUT2D eigenvalue weighted by Gasteiger charge is 2.29. The number of rotatable bonds is 6. The second-order valence-corrected chi connectivity index (χ2v) is 7.82. The number of likely N-dealkylation sites (N-methyl/N-ethyl adjacent to an activating group) is 1. The van der Waals surface area contributed by atoms with Crippen molar-refractivity contribution in [2.75, 3.05) is 39.8 Å². The first-order valence-corrected chi connectivity index (χ1v) is 9.45. The minimum Gasteiger partial charge on any atom is -0.492 e. The van der Waals surface area contributed by atoms with Gasteiger partial charge in [-0.15, -0.1) is 0 Å². The lowest BCUT2D eigenvalue weighted by Gasteiger charge is -2.36. The molecule has 0 spiro atoms. The molecule has 5 heteroatoms. The Labute approximate surface area is 151 Å². The van der Waals surface area contributed by atoms with Crippen LogP contribution in [-0.4, -0.2) is 61.6 Å². The Hall–Kier alpha value is -1.59. The van der Waals surface area contributed by atoms with Crippen molar-refractivity contribution in [1.82, 2.24) is 9.80 Å². The summed E-state index contributed by atoms with van der Waals surface area (Å²) >= 11 is 0. The second kappa shape index (κ2) is 8.19. The number of carbonyl (C=O) groups is 1. The third-order valence-electron chi connectivity index (χ3n) is 5.58. The van der Waals surface area contributed by atoms with Gasteiger partial charge in [-0.25, -0.2) is 0 Å². The van der Waals surface area contributed by atoms with Gasteiger partial charge in [-0.05, 0) is 50.4 Å². The molecule has 0 radical (unpaired) electrons. The summed E-state index contributed by atoms with van der Waals surface area (Å²) in [7, 11) is 2.18. The van der Waals surface area contributed by atoms with E-state index in [1.54, 1.807) is 0 Å². The Morgan fingerprint density at radius 1 is 1.32 bits per heavy atom. The van der Waals surface area contributed by atoms with Gasteiger partial charge < -0.3 is 15.4 Å². The molecule has 1 unspecified atom stereocenters. The molecule has 3 rings (SSSR count). The molecule has 2 saturated heterocycles. The second-order valence-electron chi connectivity index (χ2n) is 7.82. The molecule has 0 aromatic heterocycles. The number of hydrogen-bond acceptors (Lipinski definition) is 4. The molecule has 5 nitrogen and oxygen atoms in total. The van der Waals surface area contributed by atoms with E-state index in [4.69, 9.17) is 10.5 Å². The van der Waals surface area contributed by atoms with Crippen molar-refractivity contribution in [2.45, 2.75) is 38.1 Å². The van der Waals surface area contributed by atoms with Gasteiger partial charge in [-0.3, -0.25) is 9.69 Å². The third kappa shape index (κ3) is 4.73. The predicted molar refractivity (Wildman–Crippen MR) is 99.7 cm³/mol. The van der Waals surface area contributed by atoms with Crippen LogP contribution in [0.15, 0.2) is 24.3 Å². The highest BCUT2D eigenvalue weighted by atomic mass is 16.5. The minimum atomic E-state index is -0.248. The van der Waals surface area contributed by atoms with E-state index in [9.17, 15) is 4.79 Å². The number of ether oxygens (including phenoxy) is 1.